The van der Waals surface area contributed by atoms with Crippen molar-refractivity contribution in [3.8, 4) is 0 Å². The number of amides is 2. The number of aromatic nitrogens is 2. The number of carbonyl (C=O) groups excluding carboxylic acids is 2. The van der Waals surface area contributed by atoms with Gasteiger partial charge in [0.1, 0.15) is 5.69 Å². The standard InChI is InChI=1S/C13H18N4O3/c1-10-8-16-11(9-15-10)13(19)14-3-2-12(18)17-4-6-20-7-5-17/h8-9H,2-7H2,1H3,(H,14,19). The second-order valence-corrected chi connectivity index (χ2v) is 4.54. The van der Waals surface area contributed by atoms with E-state index in [1.807, 2.05) is 0 Å². The fourth-order valence-corrected chi connectivity index (χ4v) is 1.85. The van der Waals surface area contributed by atoms with E-state index in [-0.39, 0.29) is 23.9 Å². The molecule has 7 heteroatoms. The molecule has 1 fully saturated rings. The number of morpholine rings is 1. The van der Waals surface area contributed by atoms with Crippen molar-refractivity contribution in [3.63, 3.8) is 0 Å². The third-order valence-corrected chi connectivity index (χ3v) is 3.00. The molecule has 2 rings (SSSR count). The first-order chi connectivity index (χ1) is 9.66. The second kappa shape index (κ2) is 6.95. The molecular formula is C13H18N4O3. The molecule has 1 aliphatic rings. The van der Waals surface area contributed by atoms with E-state index in [2.05, 4.69) is 15.3 Å². The lowest BCUT2D eigenvalue weighted by Crippen LogP contribution is -2.42. The Morgan fingerprint density at radius 3 is 2.70 bits per heavy atom. The lowest BCUT2D eigenvalue weighted by atomic mass is 10.3. The Bertz CT molecular complexity index is 469. The molecule has 2 amide bonds. The summed E-state index contributed by atoms with van der Waals surface area (Å²) in [4.78, 5) is 33.3. The Morgan fingerprint density at radius 2 is 2.05 bits per heavy atom. The van der Waals surface area contributed by atoms with Crippen LogP contribution < -0.4 is 5.32 Å². The largest absolute Gasteiger partial charge is 0.378 e. The lowest BCUT2D eigenvalue weighted by molar-refractivity contribution is -0.135. The van der Waals surface area contributed by atoms with E-state index in [0.717, 1.165) is 5.69 Å². The summed E-state index contributed by atoms with van der Waals surface area (Å²) in [5, 5.41) is 2.67. The Labute approximate surface area is 117 Å². The van der Waals surface area contributed by atoms with Crippen LogP contribution in [0.3, 0.4) is 0 Å². The predicted molar refractivity (Wildman–Crippen MR) is 71.1 cm³/mol. The van der Waals surface area contributed by atoms with Gasteiger partial charge in [-0.05, 0) is 6.92 Å². The predicted octanol–water partition coefficient (Wildman–Crippen LogP) is -0.236. The molecule has 20 heavy (non-hydrogen) atoms. The van der Waals surface area contributed by atoms with Crippen molar-refractivity contribution in [1.82, 2.24) is 20.2 Å². The molecule has 0 saturated carbocycles. The highest BCUT2D eigenvalue weighted by molar-refractivity contribution is 5.92. The van der Waals surface area contributed by atoms with E-state index in [1.165, 1.54) is 12.4 Å². The van der Waals surface area contributed by atoms with Gasteiger partial charge in [0.05, 0.1) is 25.1 Å². The highest BCUT2D eigenvalue weighted by atomic mass is 16.5. The summed E-state index contributed by atoms with van der Waals surface area (Å²) in [6, 6.07) is 0. The van der Waals surface area contributed by atoms with Gasteiger partial charge in [0.2, 0.25) is 5.91 Å². The van der Waals surface area contributed by atoms with Crippen LogP contribution in [0.4, 0.5) is 0 Å². The van der Waals surface area contributed by atoms with Crippen molar-refractivity contribution in [2.45, 2.75) is 13.3 Å². The smallest absolute Gasteiger partial charge is 0.271 e. The van der Waals surface area contributed by atoms with Crippen LogP contribution in [0.25, 0.3) is 0 Å². The highest BCUT2D eigenvalue weighted by Gasteiger charge is 2.16. The third-order valence-electron chi connectivity index (χ3n) is 3.00. The first-order valence-corrected chi connectivity index (χ1v) is 6.59. The van der Waals surface area contributed by atoms with Crippen LogP contribution in [0.2, 0.25) is 0 Å². The molecule has 1 saturated heterocycles. The Morgan fingerprint density at radius 1 is 1.30 bits per heavy atom. The minimum Gasteiger partial charge on any atom is -0.378 e. The van der Waals surface area contributed by atoms with Crippen molar-refractivity contribution < 1.29 is 14.3 Å². The van der Waals surface area contributed by atoms with Gasteiger partial charge in [-0.1, -0.05) is 0 Å². The van der Waals surface area contributed by atoms with Crippen LogP contribution >= 0.6 is 0 Å². The number of aryl methyl sites for hydroxylation is 1. The molecule has 0 unspecified atom stereocenters. The summed E-state index contributed by atoms with van der Waals surface area (Å²) < 4.78 is 5.18. The van der Waals surface area contributed by atoms with Crippen LogP contribution in [0, 0.1) is 6.92 Å². The average Bonchev–Trinajstić information content (AvgIpc) is 2.48. The van der Waals surface area contributed by atoms with E-state index in [4.69, 9.17) is 4.74 Å². The molecule has 1 N–H and O–H groups in total. The van der Waals surface area contributed by atoms with Gasteiger partial charge in [-0.2, -0.15) is 0 Å². The summed E-state index contributed by atoms with van der Waals surface area (Å²) in [6.07, 6.45) is 3.24. The maximum Gasteiger partial charge on any atom is 0.271 e. The molecule has 0 aliphatic carbocycles. The Balaban J connectivity index is 1.73. The number of nitrogens with one attached hydrogen (secondary N) is 1. The minimum absolute atomic E-state index is 0.0311. The quantitative estimate of drug-likeness (QED) is 0.822. The van der Waals surface area contributed by atoms with Gasteiger partial charge in [0.15, 0.2) is 0 Å². The first-order valence-electron chi connectivity index (χ1n) is 6.59. The SMILES string of the molecule is Cc1cnc(C(=O)NCCC(=O)N2CCOCC2)cn1. The zero-order valence-corrected chi connectivity index (χ0v) is 11.5. The zero-order chi connectivity index (χ0) is 14.4. The molecule has 7 nitrogen and oxygen atoms in total. The summed E-state index contributed by atoms with van der Waals surface area (Å²) in [5.41, 5.74) is 1.01. The maximum atomic E-state index is 11.9. The second-order valence-electron chi connectivity index (χ2n) is 4.54. The number of carbonyl (C=O) groups is 2. The summed E-state index contributed by atoms with van der Waals surface area (Å²) in [7, 11) is 0. The summed E-state index contributed by atoms with van der Waals surface area (Å²) >= 11 is 0. The van der Waals surface area contributed by atoms with Crippen LogP contribution in [0.15, 0.2) is 12.4 Å². The molecule has 0 spiro atoms. The van der Waals surface area contributed by atoms with Crippen molar-refractivity contribution in [3.05, 3.63) is 23.8 Å². The normalized spacial score (nSPS) is 14.9. The third kappa shape index (κ3) is 3.99. The van der Waals surface area contributed by atoms with Gasteiger partial charge in [-0.15, -0.1) is 0 Å². The van der Waals surface area contributed by atoms with Gasteiger partial charge >= 0.3 is 0 Å². The maximum absolute atomic E-state index is 11.9. The monoisotopic (exact) mass is 278 g/mol. The van der Waals surface area contributed by atoms with E-state index in [9.17, 15) is 9.59 Å². The molecule has 1 aromatic rings. The number of ether oxygens (including phenoxy) is 1. The van der Waals surface area contributed by atoms with Crippen molar-refractivity contribution in [2.75, 3.05) is 32.8 Å². The lowest BCUT2D eigenvalue weighted by Gasteiger charge is -2.26. The minimum atomic E-state index is -0.313. The van der Waals surface area contributed by atoms with E-state index in [1.54, 1.807) is 11.8 Å². The molecule has 0 atom stereocenters. The number of nitrogens with zero attached hydrogens (tertiary/aromatic N) is 3. The molecule has 1 aliphatic heterocycles. The fraction of sp³-hybridized carbons (Fsp3) is 0.538. The topological polar surface area (TPSA) is 84.4 Å². The van der Waals surface area contributed by atoms with E-state index in [0.29, 0.717) is 32.8 Å². The summed E-state index contributed by atoms with van der Waals surface area (Å²) in [5.74, 6) is -0.282. The van der Waals surface area contributed by atoms with Crippen molar-refractivity contribution >= 4 is 11.8 Å². The number of rotatable bonds is 4. The van der Waals surface area contributed by atoms with Gasteiger partial charge in [0, 0.05) is 32.3 Å². The molecule has 0 bridgehead atoms. The molecule has 108 valence electrons. The average molecular weight is 278 g/mol. The van der Waals surface area contributed by atoms with Gasteiger partial charge < -0.3 is 15.0 Å². The van der Waals surface area contributed by atoms with Gasteiger partial charge in [-0.3, -0.25) is 14.6 Å². The van der Waals surface area contributed by atoms with Crippen molar-refractivity contribution in [2.24, 2.45) is 0 Å². The van der Waals surface area contributed by atoms with Crippen LogP contribution in [0.1, 0.15) is 22.6 Å². The van der Waals surface area contributed by atoms with E-state index < -0.39 is 0 Å². The first kappa shape index (κ1) is 14.4. The van der Waals surface area contributed by atoms with Gasteiger partial charge in [0.25, 0.3) is 5.91 Å². The molecule has 1 aromatic heterocycles. The molecule has 0 aromatic carbocycles. The Kier molecular flexibility index (Phi) is 5.00. The molecule has 0 radical (unpaired) electrons. The molecule has 2 heterocycles. The zero-order valence-electron chi connectivity index (χ0n) is 11.5. The van der Waals surface area contributed by atoms with Crippen LogP contribution in [0.5, 0.6) is 0 Å². The number of hydrogen-bond donors (Lipinski definition) is 1. The Hall–Kier alpha value is -2.02. The van der Waals surface area contributed by atoms with Crippen LogP contribution in [-0.4, -0.2) is 59.5 Å². The van der Waals surface area contributed by atoms with Crippen molar-refractivity contribution in [1.29, 1.82) is 0 Å². The van der Waals surface area contributed by atoms with Gasteiger partial charge in [-0.25, -0.2) is 4.98 Å². The van der Waals surface area contributed by atoms with Crippen LogP contribution in [-0.2, 0) is 9.53 Å². The fourth-order valence-electron chi connectivity index (χ4n) is 1.85. The van der Waals surface area contributed by atoms with E-state index >= 15 is 0 Å². The molecular weight excluding hydrogens is 260 g/mol. The number of hydrogen-bond acceptors (Lipinski definition) is 5. The highest BCUT2D eigenvalue weighted by Crippen LogP contribution is 2.00. The summed E-state index contributed by atoms with van der Waals surface area (Å²) in [6.45, 7) is 4.50.